The highest BCUT2D eigenvalue weighted by atomic mass is 16.5. The van der Waals surface area contributed by atoms with Crippen molar-refractivity contribution in [2.75, 3.05) is 6.58 Å². The molecule has 0 N–H and O–H groups in total. The molecule has 1 radical (unpaired) electrons. The van der Waals surface area contributed by atoms with Gasteiger partial charge in [0.25, 0.3) is 0 Å². The number of hydrogen-bond donors (Lipinski definition) is 0. The number of hydrogen-bond acceptors (Lipinski definition) is 2. The van der Waals surface area contributed by atoms with Crippen molar-refractivity contribution in [3.63, 3.8) is 0 Å². The Morgan fingerprint density at radius 3 is 3.14 bits per heavy atom. The monoisotopic (exact) mass is 103 g/mol. The van der Waals surface area contributed by atoms with Crippen LogP contribution in [0.25, 0.3) is 0 Å². The van der Waals surface area contributed by atoms with Crippen molar-refractivity contribution in [2.24, 2.45) is 0 Å². The van der Waals surface area contributed by atoms with Gasteiger partial charge in [0.05, 0.1) is 7.95 Å². The fraction of sp³-hybridized carbons (Fsp3) is 0.800. The van der Waals surface area contributed by atoms with Crippen molar-refractivity contribution < 1.29 is 10.9 Å². The molecule has 0 saturated carbocycles. The Hall–Kier alpha value is -0.530. The Morgan fingerprint density at radius 1 is 2.00 bits per heavy atom. The van der Waals surface area contributed by atoms with Crippen LogP contribution in [0, 0.1) is 0 Å². The largest absolute Gasteiger partial charge is 0.457 e. The molecule has 0 aromatic heterocycles. The number of carbonyl (C=O) groups excluding carboxylic acids is 1. The van der Waals surface area contributed by atoms with E-state index in [-0.39, 0.29) is 0 Å². The molecule has 0 rings (SSSR count). The first-order valence-corrected chi connectivity index (χ1v) is 2.26. The van der Waals surface area contributed by atoms with E-state index in [4.69, 9.17) is 1.37 Å². The molecule has 2 nitrogen and oxygen atoms in total. The average Bonchev–Trinajstić information content (AvgIpc) is 1.68. The molecular formula is C5H9O2. The maximum atomic E-state index is 9.42. The van der Waals surface area contributed by atoms with Crippen LogP contribution in [0.1, 0.15) is 21.1 Å². The van der Waals surface area contributed by atoms with E-state index < -0.39 is 6.58 Å². The SMILES string of the molecule is [3H]C(CCC)O[C]=O. The highest BCUT2D eigenvalue weighted by Gasteiger charge is 1.79. The summed E-state index contributed by atoms with van der Waals surface area (Å²) in [6.07, 6.45) is 1.45. The lowest BCUT2D eigenvalue weighted by atomic mass is 10.4. The Bertz CT molecular complexity index is 65.4. The van der Waals surface area contributed by atoms with Gasteiger partial charge in [-0.1, -0.05) is 13.3 Å². The van der Waals surface area contributed by atoms with Crippen LogP contribution in [0.15, 0.2) is 0 Å². The van der Waals surface area contributed by atoms with Gasteiger partial charge in [-0.15, -0.1) is 0 Å². The predicted molar refractivity (Wildman–Crippen MR) is 26.6 cm³/mol. The molecule has 1 unspecified atom stereocenters. The first kappa shape index (κ1) is 4.62. The molecular weight excluding hydrogens is 92.1 g/mol. The third-order valence-corrected chi connectivity index (χ3v) is 0.538. The van der Waals surface area contributed by atoms with Gasteiger partial charge >= 0.3 is 6.47 Å². The normalized spacial score (nSPS) is 14.7. The van der Waals surface area contributed by atoms with Gasteiger partial charge in [-0.3, -0.25) is 0 Å². The van der Waals surface area contributed by atoms with Crippen molar-refractivity contribution in [2.45, 2.75) is 19.8 Å². The summed E-state index contributed by atoms with van der Waals surface area (Å²) in [5, 5.41) is 0. The molecule has 0 aliphatic heterocycles. The summed E-state index contributed by atoms with van der Waals surface area (Å²) in [6.45, 7) is 2.43. The molecule has 0 fully saturated rings. The lowest BCUT2D eigenvalue weighted by Gasteiger charge is -1.89. The van der Waals surface area contributed by atoms with Crippen LogP contribution in [-0.4, -0.2) is 13.1 Å². The first-order chi connectivity index (χ1) is 3.81. The highest BCUT2D eigenvalue weighted by molar-refractivity contribution is 5.37. The summed E-state index contributed by atoms with van der Waals surface area (Å²) in [4.78, 5) is 9.42. The van der Waals surface area contributed by atoms with Crippen LogP contribution < -0.4 is 0 Å². The van der Waals surface area contributed by atoms with E-state index >= 15 is 0 Å². The average molecular weight is 103 g/mol. The van der Waals surface area contributed by atoms with E-state index in [9.17, 15) is 4.79 Å². The minimum absolute atomic E-state index is 0.592. The predicted octanol–water partition coefficient (Wildman–Crippen LogP) is 0.870. The molecule has 0 aliphatic carbocycles. The summed E-state index contributed by atoms with van der Waals surface area (Å²) in [7, 11) is 0. The Morgan fingerprint density at radius 2 is 2.71 bits per heavy atom. The molecule has 0 spiro atoms. The zero-order valence-electron chi connectivity index (χ0n) is 5.31. The minimum Gasteiger partial charge on any atom is -0.457 e. The fourth-order valence-corrected chi connectivity index (χ4v) is 0.211. The fourth-order valence-electron chi connectivity index (χ4n) is 0.211. The van der Waals surface area contributed by atoms with Gasteiger partial charge in [0.2, 0.25) is 0 Å². The highest BCUT2D eigenvalue weighted by Crippen LogP contribution is 1.83. The summed E-state index contributed by atoms with van der Waals surface area (Å²) < 4.78 is 11.0. The van der Waals surface area contributed by atoms with Crippen LogP contribution in [0.4, 0.5) is 0 Å². The molecule has 0 amide bonds. The van der Waals surface area contributed by atoms with Gasteiger partial charge in [-0.25, -0.2) is 4.79 Å². The van der Waals surface area contributed by atoms with Gasteiger partial charge < -0.3 is 4.74 Å². The maximum absolute atomic E-state index is 9.42. The Kier molecular flexibility index (Phi) is 3.61. The minimum atomic E-state index is -0.711. The van der Waals surface area contributed by atoms with Gasteiger partial charge in [0.15, 0.2) is 0 Å². The van der Waals surface area contributed by atoms with Gasteiger partial charge in [0, 0.05) is 0 Å². The molecule has 0 aromatic carbocycles. The van der Waals surface area contributed by atoms with Gasteiger partial charge in [-0.2, -0.15) is 0 Å². The second kappa shape index (κ2) is 5.47. The van der Waals surface area contributed by atoms with Crippen molar-refractivity contribution in [3.8, 4) is 0 Å². The molecule has 7 heavy (non-hydrogen) atoms. The van der Waals surface area contributed by atoms with Crippen LogP contribution in [0.3, 0.4) is 0 Å². The molecule has 0 bridgehead atoms. The number of rotatable bonds is 4. The number of ether oxygens (including phenoxy) is 1. The Balaban J connectivity index is 3.03. The van der Waals surface area contributed by atoms with Crippen molar-refractivity contribution >= 4 is 6.47 Å². The molecule has 41 valence electrons. The Labute approximate surface area is 44.9 Å². The van der Waals surface area contributed by atoms with E-state index in [2.05, 4.69) is 4.74 Å². The third-order valence-electron chi connectivity index (χ3n) is 0.538. The van der Waals surface area contributed by atoms with E-state index in [1.807, 2.05) is 6.92 Å². The standard InChI is InChI=1S/C5H9O2/c1-2-3-4-7-5-6/h2-4H2,1H3/i4T. The van der Waals surface area contributed by atoms with E-state index in [1.165, 1.54) is 6.47 Å². The zero-order chi connectivity index (χ0) is 6.41. The summed E-state index contributed by atoms with van der Waals surface area (Å²) >= 11 is 0. The van der Waals surface area contributed by atoms with Crippen LogP contribution in [0.5, 0.6) is 0 Å². The van der Waals surface area contributed by atoms with Crippen LogP contribution in [0.2, 0.25) is 0 Å². The van der Waals surface area contributed by atoms with Crippen molar-refractivity contribution in [3.05, 3.63) is 0 Å². The smallest absolute Gasteiger partial charge is 0.417 e. The first-order valence-electron chi connectivity index (χ1n) is 2.84. The van der Waals surface area contributed by atoms with E-state index in [0.717, 1.165) is 6.42 Å². The van der Waals surface area contributed by atoms with Gasteiger partial charge in [0.1, 0.15) is 0 Å². The zero-order valence-corrected chi connectivity index (χ0v) is 4.31. The van der Waals surface area contributed by atoms with Crippen molar-refractivity contribution in [1.82, 2.24) is 0 Å². The molecule has 0 saturated heterocycles. The van der Waals surface area contributed by atoms with E-state index in [0.29, 0.717) is 6.42 Å². The maximum Gasteiger partial charge on any atom is 0.417 e. The quantitative estimate of drug-likeness (QED) is 0.527. The second-order valence-electron chi connectivity index (χ2n) is 1.16. The molecule has 1 atom stereocenters. The van der Waals surface area contributed by atoms with Crippen molar-refractivity contribution in [1.29, 1.82) is 0 Å². The van der Waals surface area contributed by atoms with Gasteiger partial charge in [-0.05, 0) is 6.42 Å². The molecule has 2 heteroatoms. The molecule has 0 aromatic rings. The topological polar surface area (TPSA) is 26.3 Å². The van der Waals surface area contributed by atoms with Crippen LogP contribution in [-0.2, 0) is 9.53 Å². The summed E-state index contributed by atoms with van der Waals surface area (Å²) in [5.41, 5.74) is 0. The third kappa shape index (κ3) is 5.47. The summed E-state index contributed by atoms with van der Waals surface area (Å²) in [6, 6.07) is 0. The molecule has 0 heterocycles. The van der Waals surface area contributed by atoms with Crippen LogP contribution >= 0.6 is 0 Å². The van der Waals surface area contributed by atoms with E-state index in [1.54, 1.807) is 0 Å². The molecule has 0 aliphatic rings. The lowest BCUT2D eigenvalue weighted by Crippen LogP contribution is -1.88. The summed E-state index contributed by atoms with van der Waals surface area (Å²) in [5.74, 6) is 0. The lowest BCUT2D eigenvalue weighted by molar-refractivity contribution is 0.272. The second-order valence-corrected chi connectivity index (χ2v) is 1.16.